The molecule has 0 radical (unpaired) electrons. The van der Waals surface area contributed by atoms with E-state index >= 15 is 0 Å². The minimum atomic E-state index is 0.241. The van der Waals surface area contributed by atoms with Crippen LogP contribution in [-0.2, 0) is 0 Å². The van der Waals surface area contributed by atoms with Gasteiger partial charge >= 0.3 is 0 Å². The zero-order valence-electron chi connectivity index (χ0n) is 9.60. The molecule has 1 unspecified atom stereocenters. The first-order chi connectivity index (χ1) is 8.33. The van der Waals surface area contributed by atoms with E-state index in [1.807, 2.05) is 12.3 Å². The van der Waals surface area contributed by atoms with Gasteiger partial charge in [-0.3, -0.25) is 0 Å². The van der Waals surface area contributed by atoms with Gasteiger partial charge in [-0.15, -0.1) is 0 Å². The molecular formula is C14H14N2O. The Balaban J connectivity index is 1.84. The van der Waals surface area contributed by atoms with E-state index in [-0.39, 0.29) is 6.04 Å². The van der Waals surface area contributed by atoms with Gasteiger partial charge in [0.05, 0.1) is 18.6 Å². The Morgan fingerprint density at radius 3 is 3.00 bits per heavy atom. The molecule has 0 amide bonds. The highest BCUT2D eigenvalue weighted by atomic mass is 16.3. The van der Waals surface area contributed by atoms with Crippen molar-refractivity contribution in [1.29, 1.82) is 0 Å². The maximum absolute atomic E-state index is 5.09. The zero-order chi connectivity index (χ0) is 11.7. The molecular weight excluding hydrogens is 212 g/mol. The zero-order valence-corrected chi connectivity index (χ0v) is 9.60. The highest BCUT2D eigenvalue weighted by Crippen LogP contribution is 2.22. The maximum Gasteiger partial charge on any atom is 0.0955 e. The van der Waals surface area contributed by atoms with Crippen LogP contribution < -0.4 is 5.32 Å². The molecule has 0 aliphatic rings. The molecule has 0 aliphatic heterocycles. The number of rotatable bonds is 3. The summed E-state index contributed by atoms with van der Waals surface area (Å²) in [5.74, 6) is 0. The van der Waals surface area contributed by atoms with Crippen LogP contribution in [0.1, 0.15) is 18.5 Å². The van der Waals surface area contributed by atoms with Gasteiger partial charge in [0.1, 0.15) is 0 Å². The molecule has 2 N–H and O–H groups in total. The van der Waals surface area contributed by atoms with E-state index in [0.29, 0.717) is 0 Å². The number of hydrogen-bond donors (Lipinski definition) is 2. The van der Waals surface area contributed by atoms with Gasteiger partial charge in [-0.05, 0) is 37.3 Å². The molecule has 2 heterocycles. The first-order valence-corrected chi connectivity index (χ1v) is 5.69. The molecule has 3 nitrogen and oxygen atoms in total. The Bertz CT molecular complexity index is 610. The third kappa shape index (κ3) is 1.91. The van der Waals surface area contributed by atoms with Crippen molar-refractivity contribution in [3.05, 3.63) is 54.6 Å². The van der Waals surface area contributed by atoms with Crippen molar-refractivity contribution in [2.75, 3.05) is 5.32 Å². The van der Waals surface area contributed by atoms with E-state index in [0.717, 1.165) is 16.8 Å². The number of aromatic nitrogens is 1. The fraction of sp³-hybridized carbons (Fsp3) is 0.143. The molecule has 0 fully saturated rings. The number of H-pyrrole nitrogens is 1. The van der Waals surface area contributed by atoms with Crippen LogP contribution in [0.3, 0.4) is 0 Å². The Morgan fingerprint density at radius 2 is 2.18 bits per heavy atom. The van der Waals surface area contributed by atoms with Crippen molar-refractivity contribution in [2.24, 2.45) is 0 Å². The largest absolute Gasteiger partial charge is 0.472 e. The molecule has 3 heteroatoms. The van der Waals surface area contributed by atoms with E-state index in [4.69, 9.17) is 4.42 Å². The summed E-state index contributed by atoms with van der Waals surface area (Å²) in [6.45, 7) is 2.12. The van der Waals surface area contributed by atoms with Gasteiger partial charge in [-0.2, -0.15) is 0 Å². The highest BCUT2D eigenvalue weighted by Gasteiger charge is 2.06. The fourth-order valence-electron chi connectivity index (χ4n) is 2.00. The Labute approximate surface area is 99.5 Å². The highest BCUT2D eigenvalue weighted by molar-refractivity contribution is 5.83. The lowest BCUT2D eigenvalue weighted by molar-refractivity contribution is 0.562. The van der Waals surface area contributed by atoms with Crippen LogP contribution in [-0.4, -0.2) is 4.98 Å². The molecule has 17 heavy (non-hydrogen) atoms. The number of nitrogens with one attached hydrogen (secondary N) is 2. The molecule has 0 spiro atoms. The normalized spacial score (nSPS) is 12.8. The summed E-state index contributed by atoms with van der Waals surface area (Å²) in [5.41, 5.74) is 3.43. The van der Waals surface area contributed by atoms with Crippen LogP contribution in [0.2, 0.25) is 0 Å². The monoisotopic (exact) mass is 226 g/mol. The van der Waals surface area contributed by atoms with E-state index < -0.39 is 0 Å². The predicted octanol–water partition coefficient (Wildman–Crippen LogP) is 3.93. The Morgan fingerprint density at radius 1 is 1.24 bits per heavy atom. The lowest BCUT2D eigenvalue weighted by Crippen LogP contribution is -2.05. The van der Waals surface area contributed by atoms with Gasteiger partial charge in [-0.25, -0.2) is 0 Å². The van der Waals surface area contributed by atoms with E-state index in [1.165, 1.54) is 5.39 Å². The fourth-order valence-corrected chi connectivity index (χ4v) is 2.00. The topological polar surface area (TPSA) is 41.0 Å². The van der Waals surface area contributed by atoms with Gasteiger partial charge in [0.15, 0.2) is 0 Å². The quantitative estimate of drug-likeness (QED) is 0.710. The van der Waals surface area contributed by atoms with Gasteiger partial charge in [0.2, 0.25) is 0 Å². The van der Waals surface area contributed by atoms with Crippen LogP contribution in [0.4, 0.5) is 5.69 Å². The van der Waals surface area contributed by atoms with E-state index in [9.17, 15) is 0 Å². The number of anilines is 1. The predicted molar refractivity (Wildman–Crippen MR) is 69.0 cm³/mol. The lowest BCUT2D eigenvalue weighted by Gasteiger charge is -2.13. The molecule has 0 saturated carbocycles. The number of fused-ring (bicyclic) bond motifs is 1. The minimum absolute atomic E-state index is 0.241. The summed E-state index contributed by atoms with van der Waals surface area (Å²) >= 11 is 0. The average Bonchev–Trinajstić information content (AvgIpc) is 2.99. The Kier molecular flexibility index (Phi) is 2.37. The summed E-state index contributed by atoms with van der Waals surface area (Å²) in [7, 11) is 0. The van der Waals surface area contributed by atoms with Crippen molar-refractivity contribution in [3.63, 3.8) is 0 Å². The van der Waals surface area contributed by atoms with Gasteiger partial charge in [0.25, 0.3) is 0 Å². The van der Waals surface area contributed by atoms with Crippen molar-refractivity contribution in [2.45, 2.75) is 13.0 Å². The van der Waals surface area contributed by atoms with Crippen LogP contribution >= 0.6 is 0 Å². The lowest BCUT2D eigenvalue weighted by atomic mass is 10.1. The molecule has 1 aromatic carbocycles. The van der Waals surface area contributed by atoms with Crippen LogP contribution in [0, 0.1) is 0 Å². The molecule has 1 atom stereocenters. The average molecular weight is 226 g/mol. The van der Waals surface area contributed by atoms with Crippen molar-refractivity contribution < 1.29 is 4.42 Å². The summed E-state index contributed by atoms with van der Waals surface area (Å²) in [4.78, 5) is 3.18. The molecule has 3 aromatic rings. The summed E-state index contributed by atoms with van der Waals surface area (Å²) in [5, 5.41) is 4.67. The first-order valence-electron chi connectivity index (χ1n) is 5.69. The van der Waals surface area contributed by atoms with Crippen LogP contribution in [0.25, 0.3) is 10.9 Å². The molecule has 2 aromatic heterocycles. The number of furan rings is 1. The van der Waals surface area contributed by atoms with Crippen LogP contribution in [0.15, 0.2) is 53.5 Å². The number of hydrogen-bond acceptors (Lipinski definition) is 2. The smallest absolute Gasteiger partial charge is 0.0955 e. The SMILES string of the molecule is CC(Nc1ccc2[nH]ccc2c1)c1ccoc1. The minimum Gasteiger partial charge on any atom is -0.472 e. The number of benzene rings is 1. The summed E-state index contributed by atoms with van der Waals surface area (Å²) < 4.78 is 5.09. The number of aromatic amines is 1. The van der Waals surface area contributed by atoms with Gasteiger partial charge in [0, 0.05) is 28.4 Å². The molecule has 86 valence electrons. The maximum atomic E-state index is 5.09. The molecule has 0 saturated heterocycles. The molecule has 0 aliphatic carbocycles. The van der Waals surface area contributed by atoms with Crippen molar-refractivity contribution in [3.8, 4) is 0 Å². The van der Waals surface area contributed by atoms with Gasteiger partial charge < -0.3 is 14.7 Å². The van der Waals surface area contributed by atoms with E-state index in [1.54, 1.807) is 12.5 Å². The van der Waals surface area contributed by atoms with Crippen molar-refractivity contribution in [1.82, 2.24) is 4.98 Å². The standard InChI is InChI=1S/C14H14N2O/c1-10(12-5-7-17-9-12)16-13-2-3-14-11(8-13)4-6-15-14/h2-10,15-16H,1H3. The van der Waals surface area contributed by atoms with Crippen molar-refractivity contribution >= 4 is 16.6 Å². The first kappa shape index (κ1) is 10.0. The summed E-state index contributed by atoms with van der Waals surface area (Å²) in [6.07, 6.45) is 5.42. The second-order valence-electron chi connectivity index (χ2n) is 4.20. The van der Waals surface area contributed by atoms with E-state index in [2.05, 4.69) is 41.5 Å². The second kappa shape index (κ2) is 4.01. The second-order valence-corrected chi connectivity index (χ2v) is 4.20. The molecule has 0 bridgehead atoms. The third-order valence-corrected chi connectivity index (χ3v) is 2.98. The third-order valence-electron chi connectivity index (χ3n) is 2.98. The summed E-state index contributed by atoms with van der Waals surface area (Å²) in [6, 6.07) is 10.6. The van der Waals surface area contributed by atoms with Gasteiger partial charge in [-0.1, -0.05) is 0 Å². The molecule has 3 rings (SSSR count). The van der Waals surface area contributed by atoms with Crippen LogP contribution in [0.5, 0.6) is 0 Å². The Hall–Kier alpha value is -2.16.